The maximum atomic E-state index is 12.9. The Bertz CT molecular complexity index is 850. The van der Waals surface area contributed by atoms with Crippen molar-refractivity contribution in [2.24, 2.45) is 0 Å². The van der Waals surface area contributed by atoms with Crippen LogP contribution in [0.2, 0.25) is 0 Å². The summed E-state index contributed by atoms with van der Waals surface area (Å²) in [5, 5.41) is 18.1. The van der Waals surface area contributed by atoms with Crippen LogP contribution in [0.4, 0.5) is 15.3 Å². The molecule has 2 aromatic heterocycles. The lowest BCUT2D eigenvalue weighted by Gasteiger charge is -2.01. The number of amides is 1. The maximum Gasteiger partial charge on any atom is 0.236 e. The number of aromatic nitrogens is 3. The van der Waals surface area contributed by atoms with Crippen molar-refractivity contribution >= 4 is 40.0 Å². The summed E-state index contributed by atoms with van der Waals surface area (Å²) in [6.45, 7) is 2.27. The number of aryl methyl sites for hydroxylation is 1. The molecule has 0 spiro atoms. The number of anilines is 2. The Balaban J connectivity index is 1.44. The highest BCUT2D eigenvalue weighted by Crippen LogP contribution is 2.25. The molecule has 2 heterocycles. The summed E-state index contributed by atoms with van der Waals surface area (Å²) in [6.07, 6.45) is 0. The monoisotopic (exact) mass is 379 g/mol. The van der Waals surface area contributed by atoms with E-state index in [0.29, 0.717) is 27.6 Å². The Kier molecular flexibility index (Phi) is 5.61. The molecular weight excluding hydrogens is 365 g/mol. The molecule has 10 heteroatoms. The molecule has 0 bridgehead atoms. The first-order valence-corrected chi connectivity index (χ1v) is 9.06. The van der Waals surface area contributed by atoms with Crippen molar-refractivity contribution < 1.29 is 13.7 Å². The number of hydrogen-bond donors (Lipinski definition) is 2. The molecule has 0 saturated heterocycles. The summed E-state index contributed by atoms with van der Waals surface area (Å²) in [5.74, 6) is 0.746. The second kappa shape index (κ2) is 8.08. The number of carbonyl (C=O) groups is 1. The standard InChI is InChI=1S/C15H14FN5O2S2/c1-9-6-12(21-23-9)18-13(22)8-24-15-20-19-14(25-15)17-7-10-2-4-11(16)5-3-10/h2-6H,7-8H2,1H3,(H,17,19)(H,18,21,22). The van der Waals surface area contributed by atoms with Gasteiger partial charge in [-0.1, -0.05) is 40.4 Å². The van der Waals surface area contributed by atoms with Gasteiger partial charge in [-0.25, -0.2) is 4.39 Å². The van der Waals surface area contributed by atoms with Gasteiger partial charge >= 0.3 is 0 Å². The minimum absolute atomic E-state index is 0.193. The molecule has 1 amide bonds. The summed E-state index contributed by atoms with van der Waals surface area (Å²) in [4.78, 5) is 11.8. The first-order chi connectivity index (χ1) is 12.1. The Hall–Kier alpha value is -2.46. The molecule has 0 aliphatic heterocycles. The fourth-order valence-corrected chi connectivity index (χ4v) is 3.40. The van der Waals surface area contributed by atoms with E-state index in [1.165, 1.54) is 35.2 Å². The number of carbonyl (C=O) groups excluding carboxylic acids is 1. The Morgan fingerprint density at radius 1 is 1.32 bits per heavy atom. The summed E-state index contributed by atoms with van der Waals surface area (Å²) in [6, 6.07) is 7.87. The maximum absolute atomic E-state index is 12.9. The van der Waals surface area contributed by atoms with Gasteiger partial charge in [-0.3, -0.25) is 4.79 Å². The third kappa shape index (κ3) is 5.26. The normalized spacial score (nSPS) is 10.6. The molecular formula is C15H14FN5O2S2. The Labute approximate surface area is 151 Å². The summed E-state index contributed by atoms with van der Waals surface area (Å²) in [5.41, 5.74) is 0.938. The molecule has 0 aliphatic carbocycles. The van der Waals surface area contributed by atoms with E-state index >= 15 is 0 Å². The van der Waals surface area contributed by atoms with Gasteiger partial charge in [0.15, 0.2) is 10.2 Å². The third-order valence-corrected chi connectivity index (χ3v) is 5.00. The van der Waals surface area contributed by atoms with E-state index < -0.39 is 0 Å². The van der Waals surface area contributed by atoms with Crippen molar-refractivity contribution in [1.29, 1.82) is 0 Å². The number of nitrogens with one attached hydrogen (secondary N) is 2. The van der Waals surface area contributed by atoms with Gasteiger partial charge in [0.1, 0.15) is 11.6 Å². The quantitative estimate of drug-likeness (QED) is 0.608. The van der Waals surface area contributed by atoms with Crippen molar-refractivity contribution in [1.82, 2.24) is 15.4 Å². The second-order valence-corrected chi connectivity index (χ2v) is 7.21. The van der Waals surface area contributed by atoms with Gasteiger partial charge in [0.05, 0.1) is 5.75 Å². The van der Waals surface area contributed by atoms with Gasteiger partial charge < -0.3 is 15.2 Å². The van der Waals surface area contributed by atoms with Crippen LogP contribution in [0.3, 0.4) is 0 Å². The lowest BCUT2D eigenvalue weighted by Crippen LogP contribution is -2.14. The molecule has 0 atom stereocenters. The fraction of sp³-hybridized carbons (Fsp3) is 0.200. The highest BCUT2D eigenvalue weighted by molar-refractivity contribution is 8.01. The van der Waals surface area contributed by atoms with E-state index in [4.69, 9.17) is 4.52 Å². The molecule has 130 valence electrons. The summed E-state index contributed by atoms with van der Waals surface area (Å²) in [7, 11) is 0. The third-order valence-electron chi connectivity index (χ3n) is 2.99. The van der Waals surface area contributed by atoms with Crippen molar-refractivity contribution in [2.75, 3.05) is 16.4 Å². The van der Waals surface area contributed by atoms with E-state index in [-0.39, 0.29) is 17.5 Å². The van der Waals surface area contributed by atoms with Crippen LogP contribution in [-0.4, -0.2) is 27.0 Å². The number of nitrogens with zero attached hydrogens (tertiary/aromatic N) is 3. The topological polar surface area (TPSA) is 92.9 Å². The van der Waals surface area contributed by atoms with Crippen molar-refractivity contribution in [2.45, 2.75) is 17.8 Å². The van der Waals surface area contributed by atoms with Crippen LogP contribution in [0, 0.1) is 12.7 Å². The minimum Gasteiger partial charge on any atom is -0.360 e. The molecule has 0 saturated carbocycles. The first kappa shape index (κ1) is 17.4. The van der Waals surface area contributed by atoms with E-state index in [1.807, 2.05) is 0 Å². The number of thioether (sulfide) groups is 1. The first-order valence-electron chi connectivity index (χ1n) is 7.26. The van der Waals surface area contributed by atoms with Crippen LogP contribution < -0.4 is 10.6 Å². The molecule has 2 N–H and O–H groups in total. The van der Waals surface area contributed by atoms with Gasteiger partial charge in [0.2, 0.25) is 11.0 Å². The van der Waals surface area contributed by atoms with Crippen LogP contribution in [0.1, 0.15) is 11.3 Å². The zero-order chi connectivity index (χ0) is 17.6. The Morgan fingerprint density at radius 3 is 2.84 bits per heavy atom. The van der Waals surface area contributed by atoms with Crippen LogP contribution >= 0.6 is 23.1 Å². The van der Waals surface area contributed by atoms with E-state index in [0.717, 1.165) is 5.56 Å². The van der Waals surface area contributed by atoms with Crippen LogP contribution in [0.15, 0.2) is 39.2 Å². The lowest BCUT2D eigenvalue weighted by molar-refractivity contribution is -0.113. The molecule has 0 unspecified atom stereocenters. The van der Waals surface area contributed by atoms with Gasteiger partial charge in [0.25, 0.3) is 0 Å². The van der Waals surface area contributed by atoms with Crippen molar-refractivity contribution in [3.63, 3.8) is 0 Å². The lowest BCUT2D eigenvalue weighted by atomic mass is 10.2. The fourth-order valence-electron chi connectivity index (χ4n) is 1.85. The zero-order valence-corrected chi connectivity index (χ0v) is 14.8. The van der Waals surface area contributed by atoms with Crippen LogP contribution in [0.5, 0.6) is 0 Å². The Morgan fingerprint density at radius 2 is 2.12 bits per heavy atom. The van der Waals surface area contributed by atoms with Crippen molar-refractivity contribution in [3.8, 4) is 0 Å². The van der Waals surface area contributed by atoms with E-state index in [9.17, 15) is 9.18 Å². The highest BCUT2D eigenvalue weighted by atomic mass is 32.2. The number of rotatable bonds is 7. The minimum atomic E-state index is -0.266. The number of halogens is 1. The van der Waals surface area contributed by atoms with E-state index in [1.54, 1.807) is 25.1 Å². The molecule has 0 aliphatic rings. The second-order valence-electron chi connectivity index (χ2n) is 5.01. The van der Waals surface area contributed by atoms with Gasteiger partial charge in [-0.15, -0.1) is 10.2 Å². The molecule has 7 nitrogen and oxygen atoms in total. The average Bonchev–Trinajstić information content (AvgIpc) is 3.21. The molecule has 3 aromatic rings. The largest absolute Gasteiger partial charge is 0.360 e. The van der Waals surface area contributed by atoms with Crippen LogP contribution in [-0.2, 0) is 11.3 Å². The summed E-state index contributed by atoms with van der Waals surface area (Å²) >= 11 is 2.63. The number of hydrogen-bond acceptors (Lipinski definition) is 8. The summed E-state index contributed by atoms with van der Waals surface area (Å²) < 4.78 is 18.4. The molecule has 1 aromatic carbocycles. The average molecular weight is 379 g/mol. The van der Waals surface area contributed by atoms with Gasteiger partial charge in [-0.2, -0.15) is 0 Å². The number of benzene rings is 1. The smallest absolute Gasteiger partial charge is 0.236 e. The molecule has 0 fully saturated rings. The predicted octanol–water partition coefficient (Wildman–Crippen LogP) is 3.32. The molecule has 25 heavy (non-hydrogen) atoms. The van der Waals surface area contributed by atoms with Gasteiger partial charge in [-0.05, 0) is 24.6 Å². The van der Waals surface area contributed by atoms with Crippen molar-refractivity contribution in [3.05, 3.63) is 47.5 Å². The predicted molar refractivity (Wildman–Crippen MR) is 94.2 cm³/mol. The van der Waals surface area contributed by atoms with E-state index in [2.05, 4.69) is 26.0 Å². The molecule has 0 radical (unpaired) electrons. The van der Waals surface area contributed by atoms with Crippen LogP contribution in [0.25, 0.3) is 0 Å². The SMILES string of the molecule is Cc1cc(NC(=O)CSc2nnc(NCc3ccc(F)cc3)s2)no1. The molecule has 3 rings (SSSR count). The van der Waals surface area contributed by atoms with Gasteiger partial charge in [0, 0.05) is 12.6 Å². The highest BCUT2D eigenvalue weighted by Gasteiger charge is 2.10. The zero-order valence-electron chi connectivity index (χ0n) is 13.2.